The zero-order valence-electron chi connectivity index (χ0n) is 13.6. The summed E-state index contributed by atoms with van der Waals surface area (Å²) in [5, 5.41) is 0.579. The number of H-pyrrole nitrogens is 1. The van der Waals surface area contributed by atoms with E-state index in [1.807, 2.05) is 0 Å². The van der Waals surface area contributed by atoms with Gasteiger partial charge in [-0.05, 0) is 25.5 Å². The number of amides is 1. The lowest BCUT2D eigenvalue weighted by Gasteiger charge is -2.18. The molecule has 0 saturated heterocycles. The van der Waals surface area contributed by atoms with Crippen molar-refractivity contribution in [2.24, 2.45) is 0 Å². The molecule has 0 saturated carbocycles. The molecule has 8 heteroatoms. The first kappa shape index (κ1) is 15.8. The van der Waals surface area contributed by atoms with Gasteiger partial charge in [-0.3, -0.25) is 9.59 Å². The van der Waals surface area contributed by atoms with Gasteiger partial charge < -0.3 is 14.3 Å². The van der Waals surface area contributed by atoms with Crippen molar-refractivity contribution in [2.75, 3.05) is 13.1 Å². The molecular formula is C17H16ClN5O2. The zero-order valence-corrected chi connectivity index (χ0v) is 14.4. The third kappa shape index (κ3) is 2.91. The average molecular weight is 358 g/mol. The summed E-state index contributed by atoms with van der Waals surface area (Å²) in [5.74, 6) is 0.446. The molecule has 0 bridgehead atoms. The molecule has 128 valence electrons. The van der Waals surface area contributed by atoms with Gasteiger partial charge in [0.25, 0.3) is 11.5 Å². The van der Waals surface area contributed by atoms with Crippen LogP contribution in [0.2, 0.25) is 5.02 Å². The van der Waals surface area contributed by atoms with E-state index in [1.54, 1.807) is 40.8 Å². The number of nitrogens with one attached hydrogen (secondary N) is 1. The molecule has 1 N–H and O–H groups in total. The molecule has 0 fully saturated rings. The van der Waals surface area contributed by atoms with Gasteiger partial charge in [0.2, 0.25) is 0 Å². The second kappa shape index (κ2) is 6.00. The molecule has 0 atom stereocenters. The quantitative estimate of drug-likeness (QED) is 0.717. The highest BCUT2D eigenvalue weighted by molar-refractivity contribution is 6.30. The van der Waals surface area contributed by atoms with Crippen LogP contribution in [0.1, 0.15) is 27.6 Å². The molecule has 1 amide bonds. The number of halogens is 1. The summed E-state index contributed by atoms with van der Waals surface area (Å²) in [6.45, 7) is 2.74. The van der Waals surface area contributed by atoms with Crippen molar-refractivity contribution in [2.45, 2.75) is 19.8 Å². The standard InChI is InChI=1S/C17H16ClN5O2/c1-10-19-13-5-7-22(6-4-12(13)16(24)20-10)17(25)14-9-23-8-11(18)2-3-15(23)21-14/h2-3,8-9H,4-7H2,1H3,(H,19,20,24). The molecule has 0 aliphatic carbocycles. The summed E-state index contributed by atoms with van der Waals surface area (Å²) in [6.07, 6.45) is 4.44. The summed E-state index contributed by atoms with van der Waals surface area (Å²) >= 11 is 5.97. The van der Waals surface area contributed by atoms with E-state index in [9.17, 15) is 9.59 Å². The zero-order chi connectivity index (χ0) is 17.6. The van der Waals surface area contributed by atoms with Gasteiger partial charge in [0.15, 0.2) is 0 Å². The molecule has 3 aromatic heterocycles. The molecule has 4 heterocycles. The van der Waals surface area contributed by atoms with E-state index in [-0.39, 0.29) is 11.5 Å². The maximum Gasteiger partial charge on any atom is 0.274 e. The first-order valence-corrected chi connectivity index (χ1v) is 8.41. The largest absolute Gasteiger partial charge is 0.337 e. The highest BCUT2D eigenvalue weighted by Crippen LogP contribution is 2.15. The van der Waals surface area contributed by atoms with Crippen LogP contribution in [0, 0.1) is 6.92 Å². The van der Waals surface area contributed by atoms with Crippen LogP contribution in [0.4, 0.5) is 0 Å². The van der Waals surface area contributed by atoms with Crippen molar-refractivity contribution >= 4 is 23.2 Å². The smallest absolute Gasteiger partial charge is 0.274 e. The second-order valence-electron chi connectivity index (χ2n) is 6.11. The topological polar surface area (TPSA) is 83.4 Å². The van der Waals surface area contributed by atoms with E-state index >= 15 is 0 Å². The number of carbonyl (C=O) groups is 1. The number of carbonyl (C=O) groups excluding carboxylic acids is 1. The Kier molecular flexibility index (Phi) is 3.80. The highest BCUT2D eigenvalue weighted by Gasteiger charge is 2.24. The lowest BCUT2D eigenvalue weighted by Crippen LogP contribution is -2.33. The van der Waals surface area contributed by atoms with Crippen molar-refractivity contribution in [1.82, 2.24) is 24.3 Å². The van der Waals surface area contributed by atoms with Gasteiger partial charge in [0.05, 0.1) is 10.7 Å². The summed E-state index contributed by atoms with van der Waals surface area (Å²) in [6, 6.07) is 3.50. The number of nitrogens with zero attached hydrogens (tertiary/aromatic N) is 4. The molecule has 3 aromatic rings. The predicted octanol–water partition coefficient (Wildman–Crippen LogP) is 1.62. The number of hydrogen-bond donors (Lipinski definition) is 1. The van der Waals surface area contributed by atoms with Crippen molar-refractivity contribution in [3.63, 3.8) is 0 Å². The molecule has 0 radical (unpaired) electrons. The van der Waals surface area contributed by atoms with Gasteiger partial charge in [-0.1, -0.05) is 11.6 Å². The number of fused-ring (bicyclic) bond motifs is 2. The summed E-state index contributed by atoms with van der Waals surface area (Å²) in [4.78, 5) is 38.2. The first-order chi connectivity index (χ1) is 12.0. The fourth-order valence-electron chi connectivity index (χ4n) is 3.17. The van der Waals surface area contributed by atoms with Crippen LogP contribution in [-0.2, 0) is 12.8 Å². The normalized spacial score (nSPS) is 14.4. The number of aromatic amines is 1. The number of aromatic nitrogens is 4. The third-order valence-corrected chi connectivity index (χ3v) is 4.61. The summed E-state index contributed by atoms with van der Waals surface area (Å²) < 4.78 is 1.73. The minimum atomic E-state index is -0.152. The summed E-state index contributed by atoms with van der Waals surface area (Å²) in [7, 11) is 0. The van der Waals surface area contributed by atoms with E-state index in [2.05, 4.69) is 15.0 Å². The Labute approximate surface area is 148 Å². The van der Waals surface area contributed by atoms with Crippen LogP contribution in [0.5, 0.6) is 0 Å². The maximum atomic E-state index is 12.8. The van der Waals surface area contributed by atoms with Gasteiger partial charge in [0, 0.05) is 37.5 Å². The molecule has 0 spiro atoms. The van der Waals surface area contributed by atoms with Crippen LogP contribution in [0.15, 0.2) is 29.3 Å². The summed E-state index contributed by atoms with van der Waals surface area (Å²) in [5.41, 5.74) is 2.37. The first-order valence-electron chi connectivity index (χ1n) is 8.03. The van der Waals surface area contributed by atoms with Crippen LogP contribution in [0.3, 0.4) is 0 Å². The number of imidazole rings is 1. The van der Waals surface area contributed by atoms with Crippen molar-refractivity contribution in [3.8, 4) is 0 Å². The van der Waals surface area contributed by atoms with Crippen molar-refractivity contribution in [1.29, 1.82) is 0 Å². The van der Waals surface area contributed by atoms with Crippen LogP contribution in [0.25, 0.3) is 5.65 Å². The lowest BCUT2D eigenvalue weighted by atomic mass is 10.1. The van der Waals surface area contributed by atoms with Gasteiger partial charge >= 0.3 is 0 Å². The van der Waals surface area contributed by atoms with Crippen LogP contribution in [-0.4, -0.2) is 43.2 Å². The van der Waals surface area contributed by atoms with Crippen molar-refractivity contribution in [3.05, 3.63) is 62.7 Å². The molecule has 7 nitrogen and oxygen atoms in total. The van der Waals surface area contributed by atoms with Crippen molar-refractivity contribution < 1.29 is 4.79 Å². The number of aryl methyl sites for hydroxylation is 1. The Bertz CT molecular complexity index is 1040. The average Bonchev–Trinajstić information content (AvgIpc) is 2.86. The minimum absolute atomic E-state index is 0.112. The fraction of sp³-hybridized carbons (Fsp3) is 0.294. The molecule has 1 aliphatic heterocycles. The van der Waals surface area contributed by atoms with E-state index in [0.29, 0.717) is 53.7 Å². The van der Waals surface area contributed by atoms with Gasteiger partial charge in [-0.25, -0.2) is 9.97 Å². The maximum absolute atomic E-state index is 12.8. The molecule has 25 heavy (non-hydrogen) atoms. The predicted molar refractivity (Wildman–Crippen MR) is 93.1 cm³/mol. The number of hydrogen-bond acceptors (Lipinski definition) is 4. The monoisotopic (exact) mass is 357 g/mol. The van der Waals surface area contributed by atoms with E-state index in [4.69, 9.17) is 11.6 Å². The van der Waals surface area contributed by atoms with Gasteiger partial charge in [-0.15, -0.1) is 0 Å². The van der Waals surface area contributed by atoms with Crippen LogP contribution >= 0.6 is 11.6 Å². The van der Waals surface area contributed by atoms with E-state index in [1.165, 1.54) is 0 Å². The molecule has 4 rings (SSSR count). The SMILES string of the molecule is Cc1nc2c(c(=O)[nH]1)CCN(C(=O)c1cn3cc(Cl)ccc3n1)CC2. The van der Waals surface area contributed by atoms with Gasteiger partial charge in [-0.2, -0.15) is 0 Å². The minimum Gasteiger partial charge on any atom is -0.337 e. The van der Waals surface area contributed by atoms with E-state index < -0.39 is 0 Å². The Balaban J connectivity index is 1.61. The molecule has 1 aliphatic rings. The van der Waals surface area contributed by atoms with Crippen LogP contribution < -0.4 is 5.56 Å². The highest BCUT2D eigenvalue weighted by atomic mass is 35.5. The Morgan fingerprint density at radius 2 is 2.00 bits per heavy atom. The Morgan fingerprint density at radius 1 is 1.20 bits per heavy atom. The number of pyridine rings is 1. The number of rotatable bonds is 1. The lowest BCUT2D eigenvalue weighted by molar-refractivity contribution is 0.0757. The molecule has 0 unspecified atom stereocenters. The molecular weight excluding hydrogens is 342 g/mol. The van der Waals surface area contributed by atoms with Gasteiger partial charge in [0.1, 0.15) is 17.2 Å². The molecule has 0 aromatic carbocycles. The fourth-order valence-corrected chi connectivity index (χ4v) is 3.33. The Hall–Kier alpha value is -2.67. The second-order valence-corrected chi connectivity index (χ2v) is 6.54. The third-order valence-electron chi connectivity index (χ3n) is 4.39. The Morgan fingerprint density at radius 3 is 2.84 bits per heavy atom. The van der Waals surface area contributed by atoms with E-state index in [0.717, 1.165) is 5.69 Å².